The van der Waals surface area contributed by atoms with Gasteiger partial charge in [-0.2, -0.15) is 0 Å². The van der Waals surface area contributed by atoms with Gasteiger partial charge in [-0.3, -0.25) is 0 Å². The third kappa shape index (κ3) is 2.15. The first kappa shape index (κ1) is 10.8. The van der Waals surface area contributed by atoms with E-state index < -0.39 is 0 Å². The van der Waals surface area contributed by atoms with Gasteiger partial charge in [0.1, 0.15) is 0 Å². The average molecular weight is 191 g/mol. The van der Waals surface area contributed by atoms with E-state index in [0.29, 0.717) is 6.42 Å². The summed E-state index contributed by atoms with van der Waals surface area (Å²) in [5.41, 5.74) is 6.66. The van der Waals surface area contributed by atoms with Crippen molar-refractivity contribution in [1.29, 1.82) is 0 Å². The van der Waals surface area contributed by atoms with E-state index in [9.17, 15) is 0 Å². The predicted octanol–water partition coefficient (Wildman–Crippen LogP) is 1.66. The van der Waals surface area contributed by atoms with Crippen LogP contribution in [0.5, 0.6) is 0 Å². The quantitative estimate of drug-likeness (QED) is 0.738. The average Bonchev–Trinajstić information content (AvgIpc) is 2.50. The van der Waals surface area contributed by atoms with E-state index in [4.69, 9.17) is 12.2 Å². The van der Waals surface area contributed by atoms with Crippen molar-refractivity contribution in [2.45, 2.75) is 38.8 Å². The van der Waals surface area contributed by atoms with Crippen LogP contribution in [0.15, 0.2) is 12.5 Å². The lowest BCUT2D eigenvalue weighted by Gasteiger charge is -2.23. The summed E-state index contributed by atoms with van der Waals surface area (Å²) in [6, 6.07) is 0.250. The Kier molecular flexibility index (Phi) is 2.97. The lowest BCUT2D eigenvalue weighted by atomic mass is 10.0. The van der Waals surface area contributed by atoms with Crippen LogP contribution in [0.1, 0.15) is 38.9 Å². The first-order chi connectivity index (χ1) is 6.46. The van der Waals surface area contributed by atoms with E-state index >= 15 is 0 Å². The van der Waals surface area contributed by atoms with Crippen LogP contribution < -0.4 is 5.73 Å². The van der Waals surface area contributed by atoms with Gasteiger partial charge in [0, 0.05) is 18.7 Å². The zero-order chi connectivity index (χ0) is 10.8. The van der Waals surface area contributed by atoms with Crippen molar-refractivity contribution in [3.8, 4) is 12.3 Å². The van der Waals surface area contributed by atoms with Crippen molar-refractivity contribution in [3.05, 3.63) is 18.2 Å². The van der Waals surface area contributed by atoms with Crippen LogP contribution in [0.2, 0.25) is 0 Å². The molecule has 14 heavy (non-hydrogen) atoms. The molecule has 0 aliphatic rings. The third-order valence-corrected chi connectivity index (χ3v) is 2.21. The van der Waals surface area contributed by atoms with E-state index in [1.807, 2.05) is 18.4 Å². The lowest BCUT2D eigenvalue weighted by molar-refractivity contribution is 0.454. The Hall–Kier alpha value is -1.27. The highest BCUT2D eigenvalue weighted by Gasteiger charge is 2.20. The second-order valence-electron chi connectivity index (χ2n) is 4.17. The number of terminal acetylenes is 1. The second kappa shape index (κ2) is 3.85. The molecule has 0 saturated heterocycles. The lowest BCUT2D eigenvalue weighted by Crippen LogP contribution is -2.32. The van der Waals surface area contributed by atoms with Crippen LogP contribution >= 0.6 is 0 Å². The Balaban J connectivity index is 3.00. The largest absolute Gasteiger partial charge is 0.329 e. The number of hydrogen-bond donors (Lipinski definition) is 1. The number of nitrogens with zero attached hydrogens (tertiary/aromatic N) is 2. The van der Waals surface area contributed by atoms with Crippen molar-refractivity contribution in [1.82, 2.24) is 9.55 Å². The molecule has 0 aliphatic heterocycles. The fraction of sp³-hybridized carbons (Fsp3) is 0.545. The van der Waals surface area contributed by atoms with E-state index in [1.165, 1.54) is 0 Å². The second-order valence-corrected chi connectivity index (χ2v) is 4.17. The zero-order valence-electron chi connectivity index (χ0n) is 8.99. The predicted molar refractivity (Wildman–Crippen MR) is 57.6 cm³/mol. The van der Waals surface area contributed by atoms with Crippen molar-refractivity contribution < 1.29 is 0 Å². The molecule has 0 fully saturated rings. The number of aromatic nitrogens is 2. The van der Waals surface area contributed by atoms with Gasteiger partial charge in [-0.1, -0.05) is 0 Å². The molecule has 76 valence electrons. The minimum atomic E-state index is -0.376. The van der Waals surface area contributed by atoms with Crippen molar-refractivity contribution in [3.63, 3.8) is 0 Å². The molecule has 1 unspecified atom stereocenters. The van der Waals surface area contributed by atoms with Crippen LogP contribution in [-0.4, -0.2) is 9.55 Å². The molecule has 0 aliphatic carbocycles. The maximum absolute atomic E-state index is 6.02. The van der Waals surface area contributed by atoms with Gasteiger partial charge in [0.15, 0.2) is 0 Å². The van der Waals surface area contributed by atoms with Crippen LogP contribution in [0.3, 0.4) is 0 Å². The Morgan fingerprint density at radius 2 is 2.36 bits per heavy atom. The summed E-state index contributed by atoms with van der Waals surface area (Å²) < 4.78 is 2.04. The van der Waals surface area contributed by atoms with E-state index in [2.05, 4.69) is 17.8 Å². The van der Waals surface area contributed by atoms with E-state index in [0.717, 1.165) is 5.69 Å². The molecule has 0 amide bonds. The standard InChI is InChI=1S/C11H17N3/c1-5-6-9(2)14-8-13-7-10(14)11(3,4)12/h1,7-9H,6,12H2,2-4H3. The first-order valence-corrected chi connectivity index (χ1v) is 4.71. The summed E-state index contributed by atoms with van der Waals surface area (Å²) >= 11 is 0. The Morgan fingerprint density at radius 3 is 2.86 bits per heavy atom. The topological polar surface area (TPSA) is 43.8 Å². The molecule has 1 rings (SSSR count). The number of imidazole rings is 1. The summed E-state index contributed by atoms with van der Waals surface area (Å²) in [4.78, 5) is 4.11. The molecular formula is C11H17N3. The van der Waals surface area contributed by atoms with Gasteiger partial charge in [-0.05, 0) is 20.8 Å². The minimum Gasteiger partial charge on any atom is -0.329 e. The van der Waals surface area contributed by atoms with E-state index in [-0.39, 0.29) is 11.6 Å². The van der Waals surface area contributed by atoms with Crippen molar-refractivity contribution in [2.24, 2.45) is 5.73 Å². The molecule has 3 heteroatoms. The molecule has 1 atom stereocenters. The summed E-state index contributed by atoms with van der Waals surface area (Å²) in [6.45, 7) is 5.99. The normalized spacial score (nSPS) is 13.6. The fourth-order valence-electron chi connectivity index (χ4n) is 1.42. The smallest absolute Gasteiger partial charge is 0.0951 e. The van der Waals surface area contributed by atoms with Crippen molar-refractivity contribution >= 4 is 0 Å². The molecule has 1 aromatic rings. The molecule has 0 saturated carbocycles. The fourth-order valence-corrected chi connectivity index (χ4v) is 1.42. The zero-order valence-corrected chi connectivity index (χ0v) is 8.99. The van der Waals surface area contributed by atoms with Crippen LogP contribution in [-0.2, 0) is 5.54 Å². The Morgan fingerprint density at radius 1 is 1.71 bits per heavy atom. The highest BCUT2D eigenvalue weighted by Crippen LogP contribution is 2.21. The van der Waals surface area contributed by atoms with Gasteiger partial charge in [-0.15, -0.1) is 12.3 Å². The summed E-state index contributed by atoms with van der Waals surface area (Å²) in [5.74, 6) is 2.64. The Bertz CT molecular complexity index is 338. The van der Waals surface area contributed by atoms with Gasteiger partial charge >= 0.3 is 0 Å². The van der Waals surface area contributed by atoms with Crippen LogP contribution in [0, 0.1) is 12.3 Å². The summed E-state index contributed by atoms with van der Waals surface area (Å²) in [5, 5.41) is 0. The van der Waals surface area contributed by atoms with Crippen LogP contribution in [0.4, 0.5) is 0 Å². The molecule has 0 aromatic carbocycles. The summed E-state index contributed by atoms with van der Waals surface area (Å²) in [6.07, 6.45) is 9.56. The van der Waals surface area contributed by atoms with Crippen molar-refractivity contribution in [2.75, 3.05) is 0 Å². The molecule has 0 spiro atoms. The van der Waals surface area contributed by atoms with Crippen LogP contribution in [0.25, 0.3) is 0 Å². The highest BCUT2D eigenvalue weighted by atomic mass is 15.1. The molecule has 1 aromatic heterocycles. The maximum atomic E-state index is 6.02. The van der Waals surface area contributed by atoms with Gasteiger partial charge in [0.25, 0.3) is 0 Å². The van der Waals surface area contributed by atoms with Gasteiger partial charge in [0.2, 0.25) is 0 Å². The number of nitrogens with two attached hydrogens (primary N) is 1. The number of rotatable bonds is 3. The minimum absolute atomic E-state index is 0.250. The highest BCUT2D eigenvalue weighted by molar-refractivity contribution is 5.11. The van der Waals surface area contributed by atoms with Gasteiger partial charge in [-0.25, -0.2) is 4.98 Å². The van der Waals surface area contributed by atoms with Gasteiger partial charge in [0.05, 0.1) is 17.6 Å². The molecule has 2 N–H and O–H groups in total. The molecule has 1 heterocycles. The molecule has 0 radical (unpaired) electrons. The Labute approximate surface area is 85.3 Å². The maximum Gasteiger partial charge on any atom is 0.0951 e. The molecule has 3 nitrogen and oxygen atoms in total. The monoisotopic (exact) mass is 191 g/mol. The molecular weight excluding hydrogens is 174 g/mol. The number of hydrogen-bond acceptors (Lipinski definition) is 2. The summed E-state index contributed by atoms with van der Waals surface area (Å²) in [7, 11) is 0. The van der Waals surface area contributed by atoms with Gasteiger partial charge < -0.3 is 10.3 Å². The first-order valence-electron chi connectivity index (χ1n) is 4.71. The van der Waals surface area contributed by atoms with E-state index in [1.54, 1.807) is 12.5 Å². The molecule has 0 bridgehead atoms. The SMILES string of the molecule is C#CCC(C)n1cncc1C(C)(C)N. The third-order valence-electron chi connectivity index (χ3n) is 2.21.